The van der Waals surface area contributed by atoms with Gasteiger partial charge in [-0.3, -0.25) is 0 Å². The topological polar surface area (TPSA) is 9.23 Å². The summed E-state index contributed by atoms with van der Waals surface area (Å²) in [6.45, 7) is 0.819. The van der Waals surface area contributed by atoms with E-state index in [1.807, 2.05) is 0 Å². The van der Waals surface area contributed by atoms with E-state index in [9.17, 15) is 0 Å². The molecule has 0 bridgehead atoms. The average Bonchev–Trinajstić information content (AvgIpc) is 2.26. The third-order valence-electron chi connectivity index (χ3n) is 2.67. The van der Waals surface area contributed by atoms with Gasteiger partial charge in [0.25, 0.3) is 0 Å². The van der Waals surface area contributed by atoms with Crippen LogP contribution in [0.15, 0.2) is 18.2 Å². The average molecular weight is 302 g/mol. The van der Waals surface area contributed by atoms with Gasteiger partial charge in [0.05, 0.1) is 6.61 Å². The number of hydrogen-bond donors (Lipinski definition) is 0. The number of fused-ring (bicyclic) bond motifs is 1. The minimum Gasteiger partial charge on any atom is -0.493 e. The molecule has 0 radical (unpaired) electrons. The fourth-order valence-corrected chi connectivity index (χ4v) is 2.18. The molecule has 0 saturated heterocycles. The predicted molar refractivity (Wildman–Crippen MR) is 67.5 cm³/mol. The maximum atomic E-state index is 5.61. The molecule has 0 amide bonds. The van der Waals surface area contributed by atoms with Crippen LogP contribution in [0.2, 0.25) is 0 Å². The van der Waals surface area contributed by atoms with Crippen molar-refractivity contribution in [1.29, 1.82) is 0 Å². The van der Waals surface area contributed by atoms with Crippen molar-refractivity contribution >= 4 is 22.6 Å². The van der Waals surface area contributed by atoms with Crippen molar-refractivity contribution in [1.82, 2.24) is 0 Å². The Morgan fingerprint density at radius 2 is 1.93 bits per heavy atom. The molecule has 0 fully saturated rings. The second-order valence-corrected chi connectivity index (χ2v) is 4.75. The van der Waals surface area contributed by atoms with Gasteiger partial charge in [0.1, 0.15) is 5.75 Å². The molecular formula is C12H15IO. The Morgan fingerprint density at radius 3 is 2.71 bits per heavy atom. The molecule has 1 aliphatic rings. The van der Waals surface area contributed by atoms with Crippen molar-refractivity contribution in [2.45, 2.75) is 25.7 Å². The third-order valence-corrected chi connectivity index (χ3v) is 3.11. The largest absolute Gasteiger partial charge is 0.493 e. The first-order chi connectivity index (χ1) is 6.90. The van der Waals surface area contributed by atoms with Gasteiger partial charge in [-0.25, -0.2) is 0 Å². The van der Waals surface area contributed by atoms with Crippen LogP contribution in [0.3, 0.4) is 0 Å². The highest BCUT2D eigenvalue weighted by atomic mass is 127. The summed E-state index contributed by atoms with van der Waals surface area (Å²) in [6, 6.07) is 6.56. The van der Waals surface area contributed by atoms with Gasteiger partial charge < -0.3 is 4.74 Å². The van der Waals surface area contributed by atoms with E-state index in [1.165, 1.54) is 36.8 Å². The molecule has 1 nitrogen and oxygen atoms in total. The first kappa shape index (κ1) is 10.3. The fourth-order valence-electron chi connectivity index (χ4n) is 1.96. The van der Waals surface area contributed by atoms with Gasteiger partial charge in [0, 0.05) is 4.43 Å². The highest BCUT2D eigenvalue weighted by Crippen LogP contribution is 2.25. The zero-order chi connectivity index (χ0) is 9.80. The van der Waals surface area contributed by atoms with Crippen molar-refractivity contribution in [3.63, 3.8) is 0 Å². The van der Waals surface area contributed by atoms with E-state index in [1.54, 1.807) is 0 Å². The Labute approximate surface area is 99.0 Å². The van der Waals surface area contributed by atoms with Crippen LogP contribution in [0.25, 0.3) is 0 Å². The Balaban J connectivity index is 2.12. The summed E-state index contributed by atoms with van der Waals surface area (Å²) in [7, 11) is 0. The maximum Gasteiger partial charge on any atom is 0.119 e. The van der Waals surface area contributed by atoms with Crippen LogP contribution in [0.4, 0.5) is 0 Å². The molecule has 0 N–H and O–H groups in total. The number of ether oxygens (including phenoxy) is 1. The van der Waals surface area contributed by atoms with Crippen LogP contribution in [-0.4, -0.2) is 11.0 Å². The molecule has 0 unspecified atom stereocenters. The number of halogens is 1. The summed E-state index contributed by atoms with van der Waals surface area (Å²) in [5.41, 5.74) is 3.03. The molecular weight excluding hydrogens is 287 g/mol. The molecule has 76 valence electrons. The summed E-state index contributed by atoms with van der Waals surface area (Å²) in [4.78, 5) is 0. The second-order valence-electron chi connectivity index (χ2n) is 3.68. The van der Waals surface area contributed by atoms with Crippen LogP contribution in [0.5, 0.6) is 5.75 Å². The molecule has 0 atom stereocenters. The second kappa shape index (κ2) is 5.01. The third kappa shape index (κ3) is 2.41. The molecule has 1 aromatic carbocycles. The van der Waals surface area contributed by atoms with E-state index in [2.05, 4.69) is 40.8 Å². The maximum absolute atomic E-state index is 5.61. The Kier molecular flexibility index (Phi) is 3.67. The molecule has 0 heterocycles. The molecule has 14 heavy (non-hydrogen) atoms. The van der Waals surface area contributed by atoms with Gasteiger partial charge in [-0.2, -0.15) is 0 Å². The molecule has 0 spiro atoms. The van der Waals surface area contributed by atoms with Gasteiger partial charge in [-0.1, -0.05) is 28.7 Å². The Hall–Kier alpha value is -0.250. The van der Waals surface area contributed by atoms with E-state index < -0.39 is 0 Å². The van der Waals surface area contributed by atoms with Crippen molar-refractivity contribution in [2.75, 3.05) is 11.0 Å². The summed E-state index contributed by atoms with van der Waals surface area (Å²) in [5, 5.41) is 0. The highest BCUT2D eigenvalue weighted by Gasteiger charge is 2.09. The predicted octanol–water partition coefficient (Wildman–Crippen LogP) is 3.38. The summed E-state index contributed by atoms with van der Waals surface area (Å²) < 4.78 is 6.66. The number of aryl methyl sites for hydroxylation is 2. The van der Waals surface area contributed by atoms with Crippen molar-refractivity contribution in [3.05, 3.63) is 29.3 Å². The zero-order valence-electron chi connectivity index (χ0n) is 8.26. The van der Waals surface area contributed by atoms with Gasteiger partial charge in [-0.05, 0) is 48.9 Å². The first-order valence-corrected chi connectivity index (χ1v) is 6.73. The lowest BCUT2D eigenvalue weighted by atomic mass is 9.92. The normalized spacial score (nSPS) is 14.9. The lowest BCUT2D eigenvalue weighted by Gasteiger charge is -2.16. The fraction of sp³-hybridized carbons (Fsp3) is 0.500. The van der Waals surface area contributed by atoms with Crippen molar-refractivity contribution < 1.29 is 4.74 Å². The molecule has 1 aromatic rings. The van der Waals surface area contributed by atoms with E-state index >= 15 is 0 Å². The van der Waals surface area contributed by atoms with Crippen LogP contribution < -0.4 is 4.74 Å². The van der Waals surface area contributed by atoms with E-state index in [4.69, 9.17) is 4.74 Å². The molecule has 1 aliphatic carbocycles. The van der Waals surface area contributed by atoms with Crippen molar-refractivity contribution in [2.24, 2.45) is 0 Å². The van der Waals surface area contributed by atoms with Crippen LogP contribution in [-0.2, 0) is 12.8 Å². The highest BCUT2D eigenvalue weighted by molar-refractivity contribution is 14.1. The molecule has 0 saturated carbocycles. The van der Waals surface area contributed by atoms with E-state index in [-0.39, 0.29) is 0 Å². The molecule has 0 aromatic heterocycles. The van der Waals surface area contributed by atoms with Crippen molar-refractivity contribution in [3.8, 4) is 5.75 Å². The monoisotopic (exact) mass is 302 g/mol. The van der Waals surface area contributed by atoms with E-state index in [0.29, 0.717) is 0 Å². The van der Waals surface area contributed by atoms with Gasteiger partial charge in [0.15, 0.2) is 0 Å². The standard InChI is InChI=1S/C12H15IO/c13-7-8-14-12-6-5-10-3-1-2-4-11(10)9-12/h5-6,9H,1-4,7-8H2. The van der Waals surface area contributed by atoms with Gasteiger partial charge >= 0.3 is 0 Å². The molecule has 2 rings (SSSR count). The minimum absolute atomic E-state index is 0.819. The number of rotatable bonds is 3. The summed E-state index contributed by atoms with van der Waals surface area (Å²) in [6.07, 6.45) is 5.17. The van der Waals surface area contributed by atoms with Crippen LogP contribution >= 0.6 is 22.6 Å². The number of alkyl halides is 1. The number of hydrogen-bond acceptors (Lipinski definition) is 1. The Morgan fingerprint density at radius 1 is 1.14 bits per heavy atom. The molecule has 0 aliphatic heterocycles. The van der Waals surface area contributed by atoms with Gasteiger partial charge in [-0.15, -0.1) is 0 Å². The zero-order valence-corrected chi connectivity index (χ0v) is 10.4. The smallest absolute Gasteiger partial charge is 0.119 e. The number of benzene rings is 1. The quantitative estimate of drug-likeness (QED) is 0.614. The lowest BCUT2D eigenvalue weighted by molar-refractivity contribution is 0.346. The first-order valence-electron chi connectivity index (χ1n) is 5.21. The van der Waals surface area contributed by atoms with E-state index in [0.717, 1.165) is 16.8 Å². The lowest BCUT2D eigenvalue weighted by Crippen LogP contribution is -2.04. The van der Waals surface area contributed by atoms with Crippen LogP contribution in [0, 0.1) is 0 Å². The molecule has 2 heteroatoms. The summed E-state index contributed by atoms with van der Waals surface area (Å²) in [5.74, 6) is 1.04. The minimum atomic E-state index is 0.819. The van der Waals surface area contributed by atoms with Crippen LogP contribution in [0.1, 0.15) is 24.0 Å². The Bertz CT molecular complexity index is 309. The SMILES string of the molecule is ICCOc1ccc2c(c1)CCCC2. The summed E-state index contributed by atoms with van der Waals surface area (Å²) >= 11 is 2.33. The van der Waals surface area contributed by atoms with Gasteiger partial charge in [0.2, 0.25) is 0 Å².